The number of aliphatic hydroxyl groups is 1. The number of rotatable bonds is 1. The van der Waals surface area contributed by atoms with Crippen LogP contribution in [0.4, 0.5) is 8.78 Å². The molecule has 8 atom stereocenters. The predicted molar refractivity (Wildman–Crippen MR) is 94.1 cm³/mol. The van der Waals surface area contributed by atoms with Gasteiger partial charge in [-0.1, -0.05) is 13.0 Å². The minimum atomic E-state index is -2.08. The first-order valence-corrected chi connectivity index (χ1v) is 9.63. The molecular formula is C21H26F2O4. The first-order chi connectivity index (χ1) is 12.6. The van der Waals surface area contributed by atoms with Crippen LogP contribution in [0.5, 0.6) is 0 Å². The summed E-state index contributed by atoms with van der Waals surface area (Å²) in [6.07, 6.45) is 2.29. The van der Waals surface area contributed by atoms with E-state index in [0.29, 0.717) is 12.8 Å². The van der Waals surface area contributed by atoms with E-state index >= 15 is 8.78 Å². The highest BCUT2D eigenvalue weighted by Crippen LogP contribution is 2.69. The van der Waals surface area contributed by atoms with E-state index in [0.717, 1.165) is 0 Å². The molecule has 148 valence electrons. The molecular weight excluding hydrogens is 354 g/mol. The molecule has 4 aliphatic rings. The molecule has 3 fully saturated rings. The van der Waals surface area contributed by atoms with Gasteiger partial charge < -0.3 is 9.84 Å². The predicted octanol–water partition coefficient (Wildman–Crippen LogP) is 3.09. The molecule has 4 aliphatic carbocycles. The van der Waals surface area contributed by atoms with Gasteiger partial charge in [0, 0.05) is 11.3 Å². The Labute approximate surface area is 157 Å². The summed E-state index contributed by atoms with van der Waals surface area (Å²) in [5.74, 6) is -2.07. The molecule has 0 amide bonds. The van der Waals surface area contributed by atoms with Crippen molar-refractivity contribution in [2.45, 2.75) is 57.5 Å². The minimum Gasteiger partial charge on any atom is -0.469 e. The zero-order valence-corrected chi connectivity index (χ0v) is 15.9. The van der Waals surface area contributed by atoms with Crippen molar-refractivity contribution in [2.24, 2.45) is 28.6 Å². The lowest BCUT2D eigenvalue weighted by molar-refractivity contribution is -0.204. The molecule has 0 aromatic heterocycles. The quantitative estimate of drug-likeness (QED) is 0.710. The number of allylic oxidation sites excluding steroid dienone is 4. The van der Waals surface area contributed by atoms with Crippen molar-refractivity contribution in [2.75, 3.05) is 7.11 Å². The largest absolute Gasteiger partial charge is 0.469 e. The van der Waals surface area contributed by atoms with Crippen LogP contribution in [-0.4, -0.2) is 41.9 Å². The van der Waals surface area contributed by atoms with Crippen LogP contribution in [0.2, 0.25) is 0 Å². The maximum atomic E-state index is 16.7. The number of fused-ring (bicyclic) bond motifs is 5. The maximum absolute atomic E-state index is 16.7. The first-order valence-electron chi connectivity index (χ1n) is 9.63. The summed E-state index contributed by atoms with van der Waals surface area (Å²) in [7, 11) is 1.33. The second kappa shape index (κ2) is 5.72. The molecule has 4 rings (SSSR count). The van der Waals surface area contributed by atoms with Crippen LogP contribution in [0.1, 0.15) is 39.5 Å². The van der Waals surface area contributed by atoms with Crippen LogP contribution in [0.3, 0.4) is 0 Å². The molecule has 0 aliphatic heterocycles. The number of esters is 1. The molecule has 6 unspecified atom stereocenters. The number of alkyl halides is 2. The smallest absolute Gasteiger partial charge is 0.309 e. The van der Waals surface area contributed by atoms with Crippen molar-refractivity contribution in [1.29, 1.82) is 0 Å². The second-order valence-corrected chi connectivity index (χ2v) is 9.10. The highest BCUT2D eigenvalue weighted by Gasteiger charge is 2.72. The summed E-state index contributed by atoms with van der Waals surface area (Å²) < 4.78 is 36.8. The molecule has 27 heavy (non-hydrogen) atoms. The van der Waals surface area contributed by atoms with Crippen molar-refractivity contribution in [3.05, 3.63) is 23.8 Å². The molecule has 0 aromatic carbocycles. The summed E-state index contributed by atoms with van der Waals surface area (Å²) in [6, 6.07) is 0. The van der Waals surface area contributed by atoms with Crippen LogP contribution in [0.25, 0.3) is 0 Å². The number of hydrogen-bond donors (Lipinski definition) is 1. The number of halogens is 2. The van der Waals surface area contributed by atoms with E-state index in [2.05, 4.69) is 0 Å². The summed E-state index contributed by atoms with van der Waals surface area (Å²) in [4.78, 5) is 24.1. The number of hydrogen-bond acceptors (Lipinski definition) is 4. The fourth-order valence-electron chi connectivity index (χ4n) is 6.73. The molecule has 3 saturated carbocycles. The van der Waals surface area contributed by atoms with Gasteiger partial charge in [-0.2, -0.15) is 0 Å². The molecule has 0 saturated heterocycles. The van der Waals surface area contributed by atoms with E-state index in [-0.39, 0.29) is 36.1 Å². The standard InChI is InChI=1S/C21H26F2O4/c1-19-10-17(25)21(23)14(12(19)4-5-13(19)18(26)27-3)9-16(22)15-8-11(24)6-7-20(15,21)2/h6-8,12-14,16-17,25H,4-5,9-10H2,1-3H3/t12?,13?,14?,16-,17?,19?,20?,21-/m0/s1. The van der Waals surface area contributed by atoms with Crippen LogP contribution in [0, 0.1) is 28.6 Å². The van der Waals surface area contributed by atoms with Gasteiger partial charge in [-0.3, -0.25) is 9.59 Å². The average molecular weight is 380 g/mol. The zero-order chi connectivity index (χ0) is 19.8. The van der Waals surface area contributed by atoms with Gasteiger partial charge in [0.2, 0.25) is 0 Å². The van der Waals surface area contributed by atoms with Crippen LogP contribution < -0.4 is 0 Å². The van der Waals surface area contributed by atoms with Gasteiger partial charge in [-0.05, 0) is 61.7 Å². The molecule has 0 bridgehead atoms. The SMILES string of the molecule is COC(=O)C1CCC2C3C[C@H](F)C4=CC(=O)C=CC4(C)[C@@]3(F)C(O)CC12C. The molecule has 0 aromatic rings. The Balaban J connectivity index is 1.81. The van der Waals surface area contributed by atoms with Crippen molar-refractivity contribution in [3.8, 4) is 0 Å². The number of carbonyl (C=O) groups is 2. The van der Waals surface area contributed by atoms with Gasteiger partial charge in [-0.25, -0.2) is 8.78 Å². The fraction of sp³-hybridized carbons (Fsp3) is 0.714. The topological polar surface area (TPSA) is 63.6 Å². The van der Waals surface area contributed by atoms with Crippen molar-refractivity contribution in [1.82, 2.24) is 0 Å². The Kier molecular flexibility index (Phi) is 3.98. The van der Waals surface area contributed by atoms with Gasteiger partial charge in [0.1, 0.15) is 6.17 Å². The van der Waals surface area contributed by atoms with Gasteiger partial charge in [0.05, 0.1) is 19.1 Å². The van der Waals surface area contributed by atoms with E-state index < -0.39 is 40.6 Å². The summed E-state index contributed by atoms with van der Waals surface area (Å²) >= 11 is 0. The number of aliphatic hydroxyl groups excluding tert-OH is 1. The van der Waals surface area contributed by atoms with E-state index in [9.17, 15) is 14.7 Å². The Morgan fingerprint density at radius 1 is 1.30 bits per heavy atom. The second-order valence-electron chi connectivity index (χ2n) is 9.10. The van der Waals surface area contributed by atoms with Crippen molar-refractivity contribution < 1.29 is 28.2 Å². The number of ether oxygens (including phenoxy) is 1. The molecule has 6 heteroatoms. The van der Waals surface area contributed by atoms with E-state index in [1.54, 1.807) is 6.92 Å². The van der Waals surface area contributed by atoms with Crippen LogP contribution >= 0.6 is 0 Å². The van der Waals surface area contributed by atoms with E-state index in [1.807, 2.05) is 6.92 Å². The molecule has 0 spiro atoms. The average Bonchev–Trinajstić information content (AvgIpc) is 2.95. The minimum absolute atomic E-state index is 0.0791. The van der Waals surface area contributed by atoms with Crippen molar-refractivity contribution >= 4 is 11.8 Å². The highest BCUT2D eigenvalue weighted by atomic mass is 19.1. The lowest BCUT2D eigenvalue weighted by Crippen LogP contribution is -2.68. The molecule has 0 heterocycles. The zero-order valence-electron chi connectivity index (χ0n) is 15.9. The number of methoxy groups -OCH3 is 1. The highest BCUT2D eigenvalue weighted by molar-refractivity contribution is 6.01. The van der Waals surface area contributed by atoms with E-state index in [4.69, 9.17) is 4.74 Å². The monoisotopic (exact) mass is 380 g/mol. The van der Waals surface area contributed by atoms with Gasteiger partial charge >= 0.3 is 5.97 Å². The van der Waals surface area contributed by atoms with Crippen LogP contribution in [-0.2, 0) is 14.3 Å². The summed E-state index contributed by atoms with van der Waals surface area (Å²) in [6.45, 7) is 3.48. The van der Waals surface area contributed by atoms with Gasteiger partial charge in [0.15, 0.2) is 11.5 Å². The third kappa shape index (κ3) is 2.16. The van der Waals surface area contributed by atoms with Gasteiger partial charge in [0.25, 0.3) is 0 Å². The molecule has 0 radical (unpaired) electrons. The fourth-order valence-corrected chi connectivity index (χ4v) is 6.73. The summed E-state index contributed by atoms with van der Waals surface area (Å²) in [5, 5.41) is 11.0. The maximum Gasteiger partial charge on any atom is 0.309 e. The third-order valence-electron chi connectivity index (χ3n) is 8.11. The Bertz CT molecular complexity index is 761. The number of carbonyl (C=O) groups excluding carboxylic acids is 2. The number of ketones is 1. The first kappa shape index (κ1) is 18.8. The van der Waals surface area contributed by atoms with Crippen molar-refractivity contribution in [3.63, 3.8) is 0 Å². The van der Waals surface area contributed by atoms with Crippen LogP contribution in [0.15, 0.2) is 23.8 Å². The van der Waals surface area contributed by atoms with E-state index in [1.165, 1.54) is 25.3 Å². The van der Waals surface area contributed by atoms with Gasteiger partial charge in [-0.15, -0.1) is 0 Å². The molecule has 4 nitrogen and oxygen atoms in total. The Hall–Kier alpha value is -1.56. The normalized spacial score (nSPS) is 51.1. The molecule has 1 N–H and O–H groups in total. The lowest BCUT2D eigenvalue weighted by Gasteiger charge is -2.62. The Morgan fingerprint density at radius 2 is 2.00 bits per heavy atom. The summed E-state index contributed by atoms with van der Waals surface area (Å²) in [5.41, 5.74) is -3.95. The lowest BCUT2D eigenvalue weighted by atomic mass is 9.45. The Morgan fingerprint density at radius 3 is 2.67 bits per heavy atom. The third-order valence-corrected chi connectivity index (χ3v) is 8.11.